The first-order valence-electron chi connectivity index (χ1n) is 18.7. The summed E-state index contributed by atoms with van der Waals surface area (Å²) in [4.78, 5) is 0. The Balaban J connectivity index is 1.71. The van der Waals surface area contributed by atoms with Gasteiger partial charge in [0.25, 0.3) is 0 Å². The summed E-state index contributed by atoms with van der Waals surface area (Å²) in [5, 5.41) is 2.66. The van der Waals surface area contributed by atoms with E-state index in [9.17, 15) is 0 Å². The van der Waals surface area contributed by atoms with Crippen molar-refractivity contribution in [2.45, 2.75) is 0 Å². The maximum absolute atomic E-state index is 9.11. The summed E-state index contributed by atoms with van der Waals surface area (Å²) < 4.78 is 161. The molecular weight excluding hydrogens is 406 g/mol. The van der Waals surface area contributed by atoms with Crippen LogP contribution in [0.25, 0.3) is 42.4 Å². The molecule has 0 saturated heterocycles. The van der Waals surface area contributed by atoms with Gasteiger partial charge in [0.2, 0.25) is 0 Å². The predicted octanol–water partition coefficient (Wildman–Crippen LogP) is 9.13. The monoisotopic (exact) mass is 446 g/mol. The fourth-order valence-corrected chi connectivity index (χ4v) is 4.05. The standard InChI is InChI=1S/C30H21NS/c1-2-9-21(10-3-1)22-11-8-12-23(19-22)25-13-4-6-15-28(25)31-24-17-18-30-27(20-24)26-14-5-7-16-29(26)32-30/h1-20,31H/i1D,2D,3D,4D,5D,6D,7D,8D,9D,10D,11D,12D,13D,14D,15D,16D,18D,19D,20D. The molecule has 0 saturated carbocycles. The zero-order chi connectivity index (χ0) is 37.9. The molecule has 1 heterocycles. The van der Waals surface area contributed by atoms with E-state index in [4.69, 9.17) is 26.0 Å². The van der Waals surface area contributed by atoms with Crippen molar-refractivity contribution in [2.75, 3.05) is 5.32 Å². The van der Waals surface area contributed by atoms with Crippen LogP contribution in [0.2, 0.25) is 0 Å². The van der Waals surface area contributed by atoms with Crippen molar-refractivity contribution in [3.63, 3.8) is 0 Å². The van der Waals surface area contributed by atoms with Gasteiger partial charge in [-0.15, -0.1) is 11.3 Å². The first-order chi connectivity index (χ1) is 23.8. The van der Waals surface area contributed by atoms with Crippen LogP contribution in [0.4, 0.5) is 11.4 Å². The highest BCUT2D eigenvalue weighted by molar-refractivity contribution is 7.25. The number of anilines is 2. The fourth-order valence-electron chi connectivity index (χ4n) is 3.11. The lowest BCUT2D eigenvalue weighted by Gasteiger charge is -2.14. The Kier molecular flexibility index (Phi) is 1.90. The molecule has 1 N–H and O–H groups in total. The number of fused-ring (bicyclic) bond motifs is 3. The molecule has 0 aliphatic rings. The molecule has 1 aromatic heterocycles. The van der Waals surface area contributed by atoms with Crippen LogP contribution in [0.15, 0.2) is 121 Å². The highest BCUT2D eigenvalue weighted by Gasteiger charge is 2.09. The van der Waals surface area contributed by atoms with E-state index in [1.165, 1.54) is 0 Å². The second-order valence-electron chi connectivity index (χ2n) is 6.46. The van der Waals surface area contributed by atoms with Gasteiger partial charge in [-0.1, -0.05) is 84.6 Å². The van der Waals surface area contributed by atoms with Crippen molar-refractivity contribution >= 4 is 42.9 Å². The number of hydrogen-bond donors (Lipinski definition) is 1. The number of nitrogens with one attached hydrogen (secondary N) is 1. The van der Waals surface area contributed by atoms with Crippen molar-refractivity contribution in [2.24, 2.45) is 0 Å². The zero-order valence-corrected chi connectivity index (χ0v) is 16.8. The molecule has 6 aromatic rings. The molecule has 6 rings (SSSR count). The molecule has 1 nitrogen and oxygen atoms in total. The number of rotatable bonds is 4. The van der Waals surface area contributed by atoms with Crippen LogP contribution in [0, 0.1) is 0 Å². The Hall–Kier alpha value is -3.88. The minimum absolute atomic E-state index is 0.0303. The van der Waals surface area contributed by atoms with Crippen molar-refractivity contribution in [3.05, 3.63) is 121 Å². The van der Waals surface area contributed by atoms with Gasteiger partial charge in [0, 0.05) is 37.1 Å². The summed E-state index contributed by atoms with van der Waals surface area (Å²) in [6.45, 7) is 0. The minimum Gasteiger partial charge on any atom is -0.355 e. The SMILES string of the molecule is [2H]c1c([2H])c([2H])c(-c2c([2H])c([2H])c([2H])c(-c3c([2H])c([2H])c([2H])c([2H])c3Nc3cc([2H])c4sc5c([2H])c([2H])c([2H])c([2H])c5c4c3[2H])c2[2H])c([2H])c1[2H]. The van der Waals surface area contributed by atoms with Crippen molar-refractivity contribution in [3.8, 4) is 22.3 Å². The molecule has 0 aliphatic heterocycles. The van der Waals surface area contributed by atoms with Gasteiger partial charge in [-0.25, -0.2) is 0 Å². The summed E-state index contributed by atoms with van der Waals surface area (Å²) in [6.07, 6.45) is 0. The Morgan fingerprint density at radius 3 is 2.22 bits per heavy atom. The lowest BCUT2D eigenvalue weighted by molar-refractivity contribution is 1.54. The molecule has 2 heteroatoms. The Morgan fingerprint density at radius 2 is 1.28 bits per heavy atom. The molecule has 0 atom stereocenters. The van der Waals surface area contributed by atoms with Crippen molar-refractivity contribution < 1.29 is 26.0 Å². The van der Waals surface area contributed by atoms with E-state index in [2.05, 4.69) is 5.32 Å². The molecule has 0 amide bonds. The number of benzene rings is 5. The van der Waals surface area contributed by atoms with Gasteiger partial charge in [-0.05, 0) is 53.0 Å². The van der Waals surface area contributed by atoms with Gasteiger partial charge in [0.05, 0.1) is 26.0 Å². The Morgan fingerprint density at radius 1 is 0.562 bits per heavy atom. The summed E-state index contributed by atoms with van der Waals surface area (Å²) >= 11 is 0.877. The first kappa shape index (κ1) is 7.61. The smallest absolute Gasteiger partial charge is 0.0652 e. The number of hydrogen-bond acceptors (Lipinski definition) is 2. The van der Waals surface area contributed by atoms with E-state index in [0.29, 0.717) is 0 Å². The zero-order valence-electron chi connectivity index (χ0n) is 35.0. The van der Waals surface area contributed by atoms with E-state index in [1.807, 2.05) is 0 Å². The topological polar surface area (TPSA) is 12.0 Å². The van der Waals surface area contributed by atoms with Crippen LogP contribution < -0.4 is 5.32 Å². The quantitative estimate of drug-likeness (QED) is 0.285. The maximum Gasteiger partial charge on any atom is 0.0652 e. The van der Waals surface area contributed by atoms with E-state index < -0.39 is 131 Å². The van der Waals surface area contributed by atoms with Gasteiger partial charge in [0.15, 0.2) is 0 Å². The van der Waals surface area contributed by atoms with Crippen LogP contribution in [-0.2, 0) is 0 Å². The molecule has 0 aliphatic carbocycles. The van der Waals surface area contributed by atoms with E-state index in [-0.39, 0.29) is 37.9 Å². The van der Waals surface area contributed by atoms with Crippen LogP contribution in [0.5, 0.6) is 0 Å². The highest BCUT2D eigenvalue weighted by Crippen LogP contribution is 2.37. The average Bonchev–Trinajstić information content (AvgIpc) is 3.52. The van der Waals surface area contributed by atoms with Crippen LogP contribution in [-0.4, -0.2) is 0 Å². The lowest BCUT2D eigenvalue weighted by atomic mass is 9.98. The molecule has 0 bridgehead atoms. The third-order valence-corrected chi connectivity index (χ3v) is 5.55. The summed E-state index contributed by atoms with van der Waals surface area (Å²) in [5.74, 6) is 0. The molecule has 0 radical (unpaired) electrons. The van der Waals surface area contributed by atoms with Gasteiger partial charge in [-0.3, -0.25) is 0 Å². The predicted molar refractivity (Wildman–Crippen MR) is 140 cm³/mol. The number of para-hydroxylation sites is 1. The molecular formula is C30H21NS. The third kappa shape index (κ3) is 3.45. The maximum atomic E-state index is 9.11. The largest absolute Gasteiger partial charge is 0.355 e. The van der Waals surface area contributed by atoms with Gasteiger partial charge < -0.3 is 5.32 Å². The van der Waals surface area contributed by atoms with E-state index in [1.54, 1.807) is 0 Å². The lowest BCUT2D eigenvalue weighted by Crippen LogP contribution is -1.93. The van der Waals surface area contributed by atoms with Gasteiger partial charge in [-0.2, -0.15) is 0 Å². The van der Waals surface area contributed by atoms with Crippen LogP contribution in [0.1, 0.15) is 26.0 Å². The Labute approximate surface area is 218 Å². The van der Waals surface area contributed by atoms with Crippen molar-refractivity contribution in [1.82, 2.24) is 0 Å². The number of thiophene rings is 1. The first-order valence-corrected chi connectivity index (χ1v) is 10.1. The minimum atomic E-state index is -0.879. The molecule has 0 spiro atoms. The second kappa shape index (κ2) is 7.99. The second-order valence-corrected chi connectivity index (χ2v) is 7.48. The summed E-state index contributed by atoms with van der Waals surface area (Å²) in [7, 11) is 0. The summed E-state index contributed by atoms with van der Waals surface area (Å²) in [5.41, 5.74) is -3.30. The van der Waals surface area contributed by atoms with Gasteiger partial charge in [0.1, 0.15) is 0 Å². The molecule has 5 aromatic carbocycles. The van der Waals surface area contributed by atoms with E-state index in [0.717, 1.165) is 17.4 Å². The van der Waals surface area contributed by atoms with Crippen LogP contribution in [0.3, 0.4) is 0 Å². The normalized spacial score (nSPS) is 19.4. The molecule has 32 heavy (non-hydrogen) atoms. The third-order valence-electron chi connectivity index (χ3n) is 4.51. The van der Waals surface area contributed by atoms with Gasteiger partial charge >= 0.3 is 0 Å². The molecule has 152 valence electrons. The fraction of sp³-hybridized carbons (Fsp3) is 0. The molecule has 0 fully saturated rings. The highest BCUT2D eigenvalue weighted by atomic mass is 32.1. The van der Waals surface area contributed by atoms with Crippen LogP contribution >= 0.6 is 11.3 Å². The van der Waals surface area contributed by atoms with E-state index >= 15 is 0 Å². The average molecular weight is 447 g/mol. The molecule has 0 unspecified atom stereocenters. The summed E-state index contributed by atoms with van der Waals surface area (Å²) in [6, 6.07) is -12.0. The van der Waals surface area contributed by atoms with Crippen molar-refractivity contribution in [1.29, 1.82) is 0 Å². The Bertz CT molecular complexity index is 2530.